The Bertz CT molecular complexity index is 1860. The van der Waals surface area contributed by atoms with Gasteiger partial charge in [-0.1, -0.05) is 90.5 Å². The van der Waals surface area contributed by atoms with Crippen molar-refractivity contribution in [1.29, 1.82) is 0 Å². The quantitative estimate of drug-likeness (QED) is 0.222. The topological polar surface area (TPSA) is 30.7 Å². The van der Waals surface area contributed by atoms with Gasteiger partial charge in [-0.25, -0.2) is 0 Å². The smallest absolute Gasteiger partial charge is 0.0572 e. The molecule has 3 heteroatoms. The average molecular weight is 516 g/mol. The molecule has 3 heterocycles. The Hall–Kier alpha value is -5.02. The van der Waals surface area contributed by atoms with Crippen LogP contribution in [-0.4, -0.2) is 14.5 Å². The molecule has 0 N–H and O–H groups in total. The van der Waals surface area contributed by atoms with Gasteiger partial charge in [-0.3, -0.25) is 9.97 Å². The van der Waals surface area contributed by atoms with Crippen molar-refractivity contribution >= 4 is 21.8 Å². The standard InChI is InChI=1S/C37H29N3/c1-26-2-4-27(5-3-26)22-28-6-12-31(13-7-28)32-14-8-29(9-15-32)23-30-10-16-33(17-11-30)40-36-18-20-38-24-34(36)35-25-39-21-19-37(35)40/h2-21,24-25H,22-23H2,1H3. The van der Waals surface area contributed by atoms with E-state index >= 15 is 0 Å². The van der Waals surface area contributed by atoms with Crippen molar-refractivity contribution in [2.24, 2.45) is 0 Å². The van der Waals surface area contributed by atoms with E-state index in [1.807, 2.05) is 24.8 Å². The number of nitrogens with zero attached hydrogens (tertiary/aromatic N) is 3. The predicted octanol–water partition coefficient (Wildman–Crippen LogP) is 8.73. The number of benzene rings is 4. The summed E-state index contributed by atoms with van der Waals surface area (Å²) in [6, 6.07) is 39.7. The second kappa shape index (κ2) is 10.3. The van der Waals surface area contributed by atoms with Crippen LogP contribution in [0.15, 0.2) is 134 Å². The van der Waals surface area contributed by atoms with E-state index in [0.29, 0.717) is 0 Å². The molecular weight excluding hydrogens is 486 g/mol. The first-order valence-electron chi connectivity index (χ1n) is 13.7. The van der Waals surface area contributed by atoms with Crippen molar-refractivity contribution in [1.82, 2.24) is 14.5 Å². The minimum absolute atomic E-state index is 0.900. The maximum absolute atomic E-state index is 4.34. The van der Waals surface area contributed by atoms with E-state index in [2.05, 4.69) is 131 Å². The van der Waals surface area contributed by atoms with Crippen LogP contribution in [0.2, 0.25) is 0 Å². The molecule has 0 aliphatic carbocycles. The minimum Gasteiger partial charge on any atom is -0.309 e. The Labute approximate surface area is 234 Å². The molecule has 3 aromatic heterocycles. The molecule has 0 saturated heterocycles. The van der Waals surface area contributed by atoms with E-state index < -0.39 is 0 Å². The Morgan fingerprint density at radius 2 is 0.875 bits per heavy atom. The fourth-order valence-electron chi connectivity index (χ4n) is 5.56. The predicted molar refractivity (Wildman–Crippen MR) is 165 cm³/mol. The molecule has 0 amide bonds. The van der Waals surface area contributed by atoms with Crippen LogP contribution < -0.4 is 0 Å². The van der Waals surface area contributed by atoms with Crippen molar-refractivity contribution in [2.75, 3.05) is 0 Å². The van der Waals surface area contributed by atoms with Gasteiger partial charge in [0.05, 0.1) is 11.0 Å². The van der Waals surface area contributed by atoms with Crippen molar-refractivity contribution in [3.05, 3.63) is 162 Å². The van der Waals surface area contributed by atoms with Crippen LogP contribution in [0.5, 0.6) is 0 Å². The Morgan fingerprint density at radius 3 is 1.32 bits per heavy atom. The molecule has 7 aromatic rings. The van der Waals surface area contributed by atoms with Crippen molar-refractivity contribution in [3.63, 3.8) is 0 Å². The summed E-state index contributed by atoms with van der Waals surface area (Å²) < 4.78 is 2.29. The Balaban J connectivity index is 1.07. The van der Waals surface area contributed by atoms with Gasteiger partial charge >= 0.3 is 0 Å². The molecule has 0 atom stereocenters. The lowest BCUT2D eigenvalue weighted by atomic mass is 9.98. The fraction of sp³-hybridized carbons (Fsp3) is 0.0811. The summed E-state index contributed by atoms with van der Waals surface area (Å²) in [6.45, 7) is 2.13. The van der Waals surface area contributed by atoms with Crippen LogP contribution in [0.4, 0.5) is 0 Å². The van der Waals surface area contributed by atoms with E-state index in [0.717, 1.165) is 40.3 Å². The number of hydrogen-bond donors (Lipinski definition) is 0. The summed E-state index contributed by atoms with van der Waals surface area (Å²) in [5.41, 5.74) is 12.5. The fourth-order valence-corrected chi connectivity index (χ4v) is 5.56. The number of pyridine rings is 2. The van der Waals surface area contributed by atoms with E-state index in [-0.39, 0.29) is 0 Å². The number of hydrogen-bond acceptors (Lipinski definition) is 2. The largest absolute Gasteiger partial charge is 0.309 e. The van der Waals surface area contributed by atoms with Gasteiger partial charge in [0.15, 0.2) is 0 Å². The zero-order valence-corrected chi connectivity index (χ0v) is 22.5. The summed E-state index contributed by atoms with van der Waals surface area (Å²) in [5, 5.41) is 2.24. The second-order valence-electron chi connectivity index (χ2n) is 10.5. The van der Waals surface area contributed by atoms with Crippen LogP contribution in [0.3, 0.4) is 0 Å². The van der Waals surface area contributed by atoms with E-state index in [9.17, 15) is 0 Å². The van der Waals surface area contributed by atoms with Gasteiger partial charge in [-0.05, 0) is 77.4 Å². The maximum Gasteiger partial charge on any atom is 0.0572 e. The van der Waals surface area contributed by atoms with Gasteiger partial charge in [-0.2, -0.15) is 0 Å². The van der Waals surface area contributed by atoms with Gasteiger partial charge in [0.25, 0.3) is 0 Å². The third kappa shape index (κ3) is 4.67. The summed E-state index contributed by atoms with van der Waals surface area (Å²) in [6.07, 6.45) is 9.41. The number of aromatic nitrogens is 3. The number of fused-ring (bicyclic) bond motifs is 3. The van der Waals surface area contributed by atoms with Crippen LogP contribution in [0.25, 0.3) is 38.6 Å². The molecule has 0 bridgehead atoms. The molecular formula is C37H29N3. The normalized spacial score (nSPS) is 11.3. The van der Waals surface area contributed by atoms with Crippen LogP contribution in [-0.2, 0) is 12.8 Å². The molecule has 0 aliphatic rings. The lowest BCUT2D eigenvalue weighted by Crippen LogP contribution is -1.95. The summed E-state index contributed by atoms with van der Waals surface area (Å²) in [7, 11) is 0. The lowest BCUT2D eigenvalue weighted by Gasteiger charge is -2.10. The highest BCUT2D eigenvalue weighted by Crippen LogP contribution is 2.31. The van der Waals surface area contributed by atoms with E-state index in [1.165, 1.54) is 38.9 Å². The molecule has 3 nitrogen and oxygen atoms in total. The molecule has 192 valence electrons. The monoisotopic (exact) mass is 515 g/mol. The molecule has 0 aliphatic heterocycles. The minimum atomic E-state index is 0.900. The maximum atomic E-state index is 4.34. The molecule has 0 saturated carbocycles. The third-order valence-electron chi connectivity index (χ3n) is 7.74. The van der Waals surface area contributed by atoms with Crippen molar-refractivity contribution in [3.8, 4) is 16.8 Å². The molecule has 0 unspecified atom stereocenters. The van der Waals surface area contributed by atoms with Crippen LogP contribution in [0, 0.1) is 6.92 Å². The second-order valence-corrected chi connectivity index (χ2v) is 10.5. The summed E-state index contributed by atoms with van der Waals surface area (Å²) in [5.74, 6) is 0. The average Bonchev–Trinajstić information content (AvgIpc) is 3.34. The number of aryl methyl sites for hydroxylation is 1. The van der Waals surface area contributed by atoms with Crippen molar-refractivity contribution in [2.45, 2.75) is 19.8 Å². The summed E-state index contributed by atoms with van der Waals surface area (Å²) >= 11 is 0. The van der Waals surface area contributed by atoms with Crippen molar-refractivity contribution < 1.29 is 0 Å². The highest BCUT2D eigenvalue weighted by molar-refractivity contribution is 6.08. The van der Waals surface area contributed by atoms with Gasteiger partial charge in [-0.15, -0.1) is 0 Å². The van der Waals surface area contributed by atoms with Gasteiger partial charge in [0.2, 0.25) is 0 Å². The summed E-state index contributed by atoms with van der Waals surface area (Å²) in [4.78, 5) is 8.67. The SMILES string of the molecule is Cc1ccc(Cc2ccc(-c3ccc(Cc4ccc(-n5c6ccncc6c6cnccc65)cc4)cc3)cc2)cc1. The van der Waals surface area contributed by atoms with Crippen LogP contribution in [0.1, 0.15) is 27.8 Å². The first kappa shape index (κ1) is 24.1. The molecule has 40 heavy (non-hydrogen) atoms. The Morgan fingerprint density at radius 1 is 0.475 bits per heavy atom. The van der Waals surface area contributed by atoms with E-state index in [1.54, 1.807) is 0 Å². The first-order chi connectivity index (χ1) is 19.7. The first-order valence-corrected chi connectivity index (χ1v) is 13.7. The van der Waals surface area contributed by atoms with Crippen LogP contribution >= 0.6 is 0 Å². The third-order valence-corrected chi connectivity index (χ3v) is 7.74. The van der Waals surface area contributed by atoms with E-state index in [4.69, 9.17) is 0 Å². The number of rotatable bonds is 6. The molecule has 0 fully saturated rings. The highest BCUT2D eigenvalue weighted by atomic mass is 15.0. The Kier molecular flexibility index (Phi) is 6.18. The molecule has 7 rings (SSSR count). The van der Waals surface area contributed by atoms with Gasteiger partial charge in [0.1, 0.15) is 0 Å². The van der Waals surface area contributed by atoms with Gasteiger partial charge < -0.3 is 4.57 Å². The molecule has 0 radical (unpaired) electrons. The molecule has 0 spiro atoms. The molecule has 4 aromatic carbocycles. The highest BCUT2D eigenvalue weighted by Gasteiger charge is 2.12. The lowest BCUT2D eigenvalue weighted by molar-refractivity contribution is 1.14. The van der Waals surface area contributed by atoms with Gasteiger partial charge in [0, 0.05) is 41.2 Å². The zero-order valence-electron chi connectivity index (χ0n) is 22.5. The zero-order chi connectivity index (χ0) is 26.9.